The van der Waals surface area contributed by atoms with Gasteiger partial charge in [-0.15, -0.1) is 0 Å². The summed E-state index contributed by atoms with van der Waals surface area (Å²) in [6.45, 7) is 19.3. The lowest BCUT2D eigenvalue weighted by atomic mass is 9.41. The average Bonchev–Trinajstić information content (AvgIpc) is 3.72. The molecule has 4 aliphatic rings. The molecule has 3 aliphatic heterocycles. The summed E-state index contributed by atoms with van der Waals surface area (Å²) in [6.07, 6.45) is 4.83. The largest absolute Gasteiger partial charge is 0.456 e. The zero-order valence-electron chi connectivity index (χ0n) is 36.3. The number of benzene rings is 7. The molecule has 0 spiro atoms. The number of hydrogen-bond donors (Lipinski definition) is 0. The minimum absolute atomic E-state index is 0.0136. The average molecular weight is 781 g/mol. The highest BCUT2D eigenvalue weighted by Gasteiger charge is 2.63. The first-order chi connectivity index (χ1) is 28.8. The third kappa shape index (κ3) is 4.63. The topological polar surface area (TPSA) is 19.6 Å². The van der Waals surface area contributed by atoms with Crippen LogP contribution in [0.1, 0.15) is 97.8 Å². The Morgan fingerprint density at radius 2 is 1.27 bits per heavy atom. The van der Waals surface area contributed by atoms with Crippen LogP contribution in [0.25, 0.3) is 55.0 Å². The van der Waals surface area contributed by atoms with Crippen molar-refractivity contribution in [2.24, 2.45) is 0 Å². The summed E-state index contributed by atoms with van der Waals surface area (Å²) < 4.78 is 7.21. The number of anilines is 4. The number of fused-ring (bicyclic) bond motifs is 13. The van der Waals surface area contributed by atoms with Crippen LogP contribution in [-0.4, -0.2) is 12.4 Å². The molecule has 0 saturated heterocycles. The first-order valence-corrected chi connectivity index (χ1v) is 22.3. The molecule has 0 bridgehead atoms. The second kappa shape index (κ2) is 12.0. The van der Waals surface area contributed by atoms with E-state index < -0.39 is 0 Å². The van der Waals surface area contributed by atoms with Crippen LogP contribution in [0.3, 0.4) is 0 Å². The van der Waals surface area contributed by atoms with Gasteiger partial charge in [-0.25, -0.2) is 0 Å². The van der Waals surface area contributed by atoms with Crippen LogP contribution in [0.15, 0.2) is 132 Å². The Morgan fingerprint density at radius 1 is 0.583 bits per heavy atom. The normalized spacial score (nSPS) is 20.4. The van der Waals surface area contributed by atoms with Gasteiger partial charge in [0.15, 0.2) is 0 Å². The van der Waals surface area contributed by atoms with Crippen molar-refractivity contribution in [3.8, 4) is 22.3 Å². The van der Waals surface area contributed by atoms with Crippen molar-refractivity contribution in [1.82, 2.24) is 0 Å². The lowest BCUT2D eigenvalue weighted by Crippen LogP contribution is -2.70. The third-order valence-corrected chi connectivity index (χ3v) is 15.5. The van der Waals surface area contributed by atoms with Gasteiger partial charge in [0.05, 0.1) is 5.69 Å². The van der Waals surface area contributed by atoms with E-state index in [0.717, 1.165) is 17.6 Å². The predicted octanol–water partition coefficient (Wildman–Crippen LogP) is 14.0. The van der Waals surface area contributed by atoms with Crippen LogP contribution in [0.4, 0.5) is 22.7 Å². The Hall–Kier alpha value is -5.74. The van der Waals surface area contributed by atoms with Gasteiger partial charge in [-0.3, -0.25) is 0 Å². The van der Waals surface area contributed by atoms with Crippen LogP contribution in [0.5, 0.6) is 0 Å². The Balaban J connectivity index is 1.29. The van der Waals surface area contributed by atoms with Gasteiger partial charge < -0.3 is 14.1 Å². The van der Waals surface area contributed by atoms with Gasteiger partial charge in [-0.05, 0) is 117 Å². The maximum absolute atomic E-state index is 7.21. The summed E-state index contributed by atoms with van der Waals surface area (Å²) in [4.78, 5) is 5.57. The minimum atomic E-state index is -0.110. The van der Waals surface area contributed by atoms with Crippen molar-refractivity contribution in [3.05, 3.63) is 144 Å². The summed E-state index contributed by atoms with van der Waals surface area (Å²) in [6, 6.07) is 48.5. The molecule has 2 unspecified atom stereocenters. The molecule has 0 radical (unpaired) electrons. The molecule has 60 heavy (non-hydrogen) atoms. The second-order valence-corrected chi connectivity index (χ2v) is 20.8. The number of rotatable bonds is 2. The molecule has 0 amide bonds. The molecule has 4 heterocycles. The van der Waals surface area contributed by atoms with Crippen molar-refractivity contribution < 1.29 is 4.42 Å². The van der Waals surface area contributed by atoms with Gasteiger partial charge in [0.25, 0.3) is 0 Å². The molecule has 7 aromatic carbocycles. The molecule has 4 heteroatoms. The van der Waals surface area contributed by atoms with Gasteiger partial charge >= 0.3 is 6.85 Å². The Morgan fingerprint density at radius 3 is 2.05 bits per heavy atom. The fourth-order valence-electron chi connectivity index (χ4n) is 12.1. The van der Waals surface area contributed by atoms with Crippen molar-refractivity contribution >= 4 is 73.2 Å². The number of nitrogens with zero attached hydrogens (tertiary/aromatic N) is 2. The smallest absolute Gasteiger partial charge is 0.332 e. The quantitative estimate of drug-likeness (QED) is 0.163. The molecule has 8 aromatic rings. The van der Waals surface area contributed by atoms with Crippen LogP contribution in [0.2, 0.25) is 0 Å². The highest BCUT2D eigenvalue weighted by Crippen LogP contribution is 2.64. The van der Waals surface area contributed by atoms with E-state index >= 15 is 0 Å². The lowest BCUT2D eigenvalue weighted by Gasteiger charge is -2.55. The Bertz CT molecular complexity index is 3130. The molecule has 1 aliphatic carbocycles. The highest BCUT2D eigenvalue weighted by molar-refractivity contribution is 6.94. The van der Waals surface area contributed by atoms with Gasteiger partial charge in [-0.1, -0.05) is 146 Å². The monoisotopic (exact) mass is 780 g/mol. The third-order valence-electron chi connectivity index (χ3n) is 15.5. The van der Waals surface area contributed by atoms with E-state index in [9.17, 15) is 0 Å². The van der Waals surface area contributed by atoms with E-state index in [-0.39, 0.29) is 28.6 Å². The van der Waals surface area contributed by atoms with Crippen LogP contribution in [-0.2, 0) is 16.2 Å². The number of para-hydroxylation sites is 1. The predicted molar refractivity (Wildman–Crippen MR) is 256 cm³/mol. The van der Waals surface area contributed by atoms with Crippen LogP contribution < -0.4 is 20.6 Å². The summed E-state index contributed by atoms with van der Waals surface area (Å²) in [7, 11) is 0. The van der Waals surface area contributed by atoms with E-state index in [4.69, 9.17) is 4.42 Å². The molecular weight excluding hydrogens is 727 g/mol. The molecule has 1 fully saturated rings. The first-order valence-electron chi connectivity index (χ1n) is 22.3. The summed E-state index contributed by atoms with van der Waals surface area (Å²) in [5.41, 5.74) is 19.1. The van der Waals surface area contributed by atoms with Crippen molar-refractivity contribution in [2.75, 3.05) is 9.71 Å². The van der Waals surface area contributed by atoms with Crippen molar-refractivity contribution in [1.29, 1.82) is 0 Å². The lowest BCUT2D eigenvalue weighted by molar-refractivity contribution is 0.199. The minimum Gasteiger partial charge on any atom is -0.456 e. The van der Waals surface area contributed by atoms with Gasteiger partial charge in [0.1, 0.15) is 11.2 Å². The maximum Gasteiger partial charge on any atom is 0.332 e. The molecule has 0 N–H and O–H groups in total. The van der Waals surface area contributed by atoms with Crippen LogP contribution in [0, 0.1) is 0 Å². The van der Waals surface area contributed by atoms with Gasteiger partial charge in [0.2, 0.25) is 0 Å². The SMILES string of the molecule is CC(C)(C)c1ccc(N2c3cc4ccccc4c4c3B(c3c2ccc2c3oc3ccccc32)N2c3c-4cc(C(C)(C)C)cc3C3(C)CCCCC23C)c(-c2ccccc2)c1. The fraction of sp³-hybridized carbons (Fsp3) is 0.286. The first kappa shape index (κ1) is 36.1. The molecular formula is C56H53BN2O. The zero-order valence-corrected chi connectivity index (χ0v) is 36.3. The van der Waals surface area contributed by atoms with Crippen molar-refractivity contribution in [3.63, 3.8) is 0 Å². The fourth-order valence-corrected chi connectivity index (χ4v) is 12.1. The highest BCUT2D eigenvalue weighted by atomic mass is 16.3. The molecule has 2 atom stereocenters. The summed E-state index contributed by atoms with van der Waals surface area (Å²) in [5, 5.41) is 4.96. The van der Waals surface area contributed by atoms with Crippen molar-refractivity contribution in [2.45, 2.75) is 103 Å². The van der Waals surface area contributed by atoms with Gasteiger partial charge in [-0.2, -0.15) is 0 Å². The zero-order chi connectivity index (χ0) is 41.1. The van der Waals surface area contributed by atoms with E-state index in [1.54, 1.807) is 0 Å². The standard InChI is InChI=1S/C56H53BN2O/c1-53(2,3)36-24-26-44(41(31-36)34-18-10-9-11-19-34)58-45-27-25-40-39-22-14-15-23-47(39)60-52(40)50(45)57-49-46(58)30-35-20-12-13-21-38(35)48(49)42-32-37(54(4,5)6)33-43-51(42)59(57)56(8)29-17-16-28-55(43,56)7/h9-15,18-27,30-33H,16-17,28-29H2,1-8H3. The summed E-state index contributed by atoms with van der Waals surface area (Å²) >= 11 is 0. The Labute approximate surface area is 355 Å². The Kier molecular flexibility index (Phi) is 7.21. The summed E-state index contributed by atoms with van der Waals surface area (Å²) in [5.74, 6) is 0. The molecule has 3 nitrogen and oxygen atoms in total. The molecule has 296 valence electrons. The van der Waals surface area contributed by atoms with E-state index in [0.29, 0.717) is 0 Å². The number of furan rings is 1. The molecule has 1 saturated carbocycles. The van der Waals surface area contributed by atoms with Crippen LogP contribution >= 0.6 is 0 Å². The van der Waals surface area contributed by atoms with E-state index in [1.165, 1.54) is 113 Å². The number of hydrogen-bond acceptors (Lipinski definition) is 3. The maximum atomic E-state index is 7.21. The molecule has 12 rings (SSSR count). The second-order valence-electron chi connectivity index (χ2n) is 20.8. The van der Waals surface area contributed by atoms with E-state index in [2.05, 4.69) is 192 Å². The molecule has 1 aromatic heterocycles. The van der Waals surface area contributed by atoms with E-state index in [1.807, 2.05) is 0 Å². The van der Waals surface area contributed by atoms with Gasteiger partial charge in [0, 0.05) is 55.4 Å².